The predicted octanol–water partition coefficient (Wildman–Crippen LogP) is 5.00. The number of nitrogens with one attached hydrogen (secondary N) is 2. The summed E-state index contributed by atoms with van der Waals surface area (Å²) in [6, 6.07) is 4.13. The first kappa shape index (κ1) is 25.8. The zero-order valence-corrected chi connectivity index (χ0v) is 20.0. The van der Waals surface area contributed by atoms with Crippen LogP contribution in [-0.2, 0) is 14.8 Å². The van der Waals surface area contributed by atoms with Gasteiger partial charge in [0.25, 0.3) is 0 Å². The van der Waals surface area contributed by atoms with E-state index in [9.17, 15) is 18.0 Å². The molecule has 0 spiro atoms. The van der Waals surface area contributed by atoms with Gasteiger partial charge in [0.2, 0.25) is 15.9 Å². The Kier molecular flexibility index (Phi) is 11.0. The van der Waals surface area contributed by atoms with Crippen LogP contribution in [0.3, 0.4) is 0 Å². The molecule has 1 saturated carbocycles. The molecule has 1 aliphatic rings. The van der Waals surface area contributed by atoms with Crippen molar-refractivity contribution >= 4 is 33.3 Å². The van der Waals surface area contributed by atoms with Gasteiger partial charge in [0.05, 0.1) is 5.02 Å². The zero-order valence-electron chi connectivity index (χ0n) is 18.4. The third kappa shape index (κ3) is 8.91. The van der Waals surface area contributed by atoms with Crippen molar-refractivity contribution in [3.8, 4) is 0 Å². The molecule has 0 aromatic heterocycles. The highest BCUT2D eigenvalue weighted by Crippen LogP contribution is 2.25. The minimum absolute atomic E-state index is 0.0108. The summed E-state index contributed by atoms with van der Waals surface area (Å²) in [4.78, 5) is 23.7. The maximum Gasteiger partial charge on any atom is 0.242 e. The molecule has 1 fully saturated rings. The molecule has 0 aliphatic heterocycles. The second-order valence-electron chi connectivity index (χ2n) is 8.32. The van der Waals surface area contributed by atoms with Crippen molar-refractivity contribution in [2.24, 2.45) is 0 Å². The lowest BCUT2D eigenvalue weighted by atomic mass is 9.98. The van der Waals surface area contributed by atoms with Crippen LogP contribution in [0.4, 0.5) is 0 Å². The molecular weight excluding hydrogens is 436 g/mol. The Morgan fingerprint density at radius 3 is 2.03 bits per heavy atom. The summed E-state index contributed by atoms with van der Waals surface area (Å²) in [5.41, 5.74) is 0.243. The van der Waals surface area contributed by atoms with Gasteiger partial charge in [-0.1, -0.05) is 69.4 Å². The molecule has 0 atom stereocenters. The summed E-state index contributed by atoms with van der Waals surface area (Å²) >= 11 is 6.20. The third-order valence-electron chi connectivity index (χ3n) is 5.83. The molecule has 2 N–H and O–H groups in total. The molecule has 0 unspecified atom stereocenters. The van der Waals surface area contributed by atoms with E-state index in [-0.39, 0.29) is 46.1 Å². The molecule has 1 aromatic carbocycles. The van der Waals surface area contributed by atoms with Gasteiger partial charge in [-0.25, -0.2) is 13.1 Å². The standard InChI is InChI=1S/C23H35ClN2O4S/c1-25-23(28)16-15-21(27)18-13-14-20(24)22(17-18)31(29,30)26-19-11-9-7-5-3-2-4-6-8-10-12-19/h13-14,17,19,26H,2-12,15-16H2,1H3,(H,25,28). The van der Waals surface area contributed by atoms with Crippen molar-refractivity contribution in [3.63, 3.8) is 0 Å². The van der Waals surface area contributed by atoms with Gasteiger partial charge in [-0.2, -0.15) is 0 Å². The van der Waals surface area contributed by atoms with Crippen LogP contribution < -0.4 is 10.0 Å². The molecule has 8 heteroatoms. The van der Waals surface area contributed by atoms with Gasteiger partial charge in [0, 0.05) is 31.5 Å². The van der Waals surface area contributed by atoms with Gasteiger partial charge >= 0.3 is 0 Å². The second kappa shape index (κ2) is 13.2. The van der Waals surface area contributed by atoms with Crippen molar-refractivity contribution in [1.29, 1.82) is 0 Å². The van der Waals surface area contributed by atoms with E-state index in [1.165, 1.54) is 57.4 Å². The molecular formula is C23H35ClN2O4S. The average Bonchev–Trinajstić information content (AvgIpc) is 2.73. The Morgan fingerprint density at radius 1 is 0.935 bits per heavy atom. The van der Waals surface area contributed by atoms with Crippen LogP contribution in [0.25, 0.3) is 0 Å². The minimum atomic E-state index is -3.86. The quantitative estimate of drug-likeness (QED) is 0.548. The van der Waals surface area contributed by atoms with Gasteiger partial charge in [-0.15, -0.1) is 0 Å². The molecule has 31 heavy (non-hydrogen) atoms. The van der Waals surface area contributed by atoms with Gasteiger partial charge in [0.1, 0.15) is 4.90 Å². The van der Waals surface area contributed by atoms with Gasteiger partial charge in [0.15, 0.2) is 5.78 Å². The fourth-order valence-corrected chi connectivity index (χ4v) is 5.77. The summed E-state index contributed by atoms with van der Waals surface area (Å²) in [5.74, 6) is -0.526. The SMILES string of the molecule is CNC(=O)CCC(=O)c1ccc(Cl)c(S(=O)(=O)NC2CCCCCCCCCCC2)c1. The van der Waals surface area contributed by atoms with Crippen molar-refractivity contribution in [1.82, 2.24) is 10.0 Å². The summed E-state index contributed by atoms with van der Waals surface area (Å²) < 4.78 is 29.1. The Hall–Kier alpha value is -1.44. The normalized spacial score (nSPS) is 17.4. The molecule has 0 saturated heterocycles. The fraction of sp³-hybridized carbons (Fsp3) is 0.652. The monoisotopic (exact) mass is 470 g/mol. The molecule has 6 nitrogen and oxygen atoms in total. The van der Waals surface area contributed by atoms with E-state index < -0.39 is 10.0 Å². The Labute approximate surface area is 191 Å². The minimum Gasteiger partial charge on any atom is -0.359 e. The van der Waals surface area contributed by atoms with Gasteiger partial charge in [-0.3, -0.25) is 9.59 Å². The van der Waals surface area contributed by atoms with Crippen LogP contribution in [0, 0.1) is 0 Å². The van der Waals surface area contributed by atoms with Crippen LogP contribution in [-0.4, -0.2) is 33.2 Å². The lowest BCUT2D eigenvalue weighted by Gasteiger charge is -2.20. The van der Waals surface area contributed by atoms with Crippen LogP contribution in [0.1, 0.15) is 93.8 Å². The number of sulfonamides is 1. The number of hydrogen-bond acceptors (Lipinski definition) is 4. The number of hydrogen-bond donors (Lipinski definition) is 2. The first-order valence-corrected chi connectivity index (χ1v) is 13.3. The molecule has 0 bridgehead atoms. The van der Waals surface area contributed by atoms with Crippen molar-refractivity contribution in [2.75, 3.05) is 7.05 Å². The van der Waals surface area contributed by atoms with E-state index in [1.54, 1.807) is 0 Å². The molecule has 1 aliphatic carbocycles. The van der Waals surface area contributed by atoms with E-state index in [1.807, 2.05) is 0 Å². The topological polar surface area (TPSA) is 92.3 Å². The number of benzene rings is 1. The number of Topliss-reactive ketones (excluding diaryl/α,β-unsaturated/α-hetero) is 1. The van der Waals surface area contributed by atoms with E-state index in [4.69, 9.17) is 11.6 Å². The Balaban J connectivity index is 2.11. The first-order valence-electron chi connectivity index (χ1n) is 11.4. The maximum atomic E-state index is 13.1. The predicted molar refractivity (Wildman–Crippen MR) is 124 cm³/mol. The van der Waals surface area contributed by atoms with E-state index >= 15 is 0 Å². The van der Waals surface area contributed by atoms with Gasteiger partial charge < -0.3 is 5.32 Å². The van der Waals surface area contributed by atoms with Crippen LogP contribution in [0.5, 0.6) is 0 Å². The van der Waals surface area contributed by atoms with Crippen molar-refractivity contribution in [2.45, 2.75) is 94.4 Å². The molecule has 0 heterocycles. The summed E-state index contributed by atoms with van der Waals surface area (Å²) in [6.07, 6.45) is 12.1. The van der Waals surface area contributed by atoms with Crippen molar-refractivity contribution < 1.29 is 18.0 Å². The number of ketones is 1. The lowest BCUT2D eigenvalue weighted by Crippen LogP contribution is -2.35. The van der Waals surface area contributed by atoms with Crippen LogP contribution in [0.15, 0.2) is 23.1 Å². The number of carbonyl (C=O) groups excluding carboxylic acids is 2. The highest BCUT2D eigenvalue weighted by molar-refractivity contribution is 7.89. The molecule has 2 rings (SSSR count). The lowest BCUT2D eigenvalue weighted by molar-refractivity contribution is -0.120. The summed E-state index contributed by atoms with van der Waals surface area (Å²) in [6.45, 7) is 0. The number of rotatable bonds is 7. The average molecular weight is 471 g/mol. The summed E-state index contributed by atoms with van der Waals surface area (Å²) in [5, 5.41) is 2.56. The third-order valence-corrected chi connectivity index (χ3v) is 7.83. The maximum absolute atomic E-state index is 13.1. The van der Waals surface area contributed by atoms with E-state index in [2.05, 4.69) is 10.0 Å². The largest absolute Gasteiger partial charge is 0.359 e. The number of halogens is 1. The molecule has 174 valence electrons. The van der Waals surface area contributed by atoms with Crippen molar-refractivity contribution in [3.05, 3.63) is 28.8 Å². The fourth-order valence-electron chi connectivity index (χ4n) is 3.94. The van der Waals surface area contributed by atoms with Crippen LogP contribution in [0.2, 0.25) is 5.02 Å². The highest BCUT2D eigenvalue weighted by atomic mass is 35.5. The molecule has 1 amide bonds. The van der Waals surface area contributed by atoms with E-state index in [0.717, 1.165) is 38.5 Å². The first-order chi connectivity index (χ1) is 14.8. The van der Waals surface area contributed by atoms with Crippen LogP contribution >= 0.6 is 11.6 Å². The van der Waals surface area contributed by atoms with Gasteiger partial charge in [-0.05, 0) is 31.0 Å². The van der Waals surface area contributed by atoms with E-state index in [0.29, 0.717) is 0 Å². The summed E-state index contributed by atoms with van der Waals surface area (Å²) in [7, 11) is -2.35. The number of carbonyl (C=O) groups is 2. The number of amides is 1. The smallest absolute Gasteiger partial charge is 0.242 e. The zero-order chi connectivity index (χ0) is 22.7. The molecule has 0 radical (unpaired) electrons. The second-order valence-corrected chi connectivity index (χ2v) is 10.4. The Bertz CT molecular complexity index is 830. The highest BCUT2D eigenvalue weighted by Gasteiger charge is 2.24. The molecule has 1 aromatic rings. The Morgan fingerprint density at radius 2 is 1.48 bits per heavy atom.